The number of likely N-dealkylation sites (tertiary alicyclic amines) is 1. The van der Waals surface area contributed by atoms with Gasteiger partial charge in [0, 0.05) is 18.7 Å². The number of hydrogen-bond donors (Lipinski definition) is 1. The van der Waals surface area contributed by atoms with Crippen LogP contribution in [0.2, 0.25) is 0 Å². The molecule has 2 rings (SSSR count). The largest absolute Gasteiger partial charge is 0.573 e. The second-order valence-corrected chi connectivity index (χ2v) is 5.23. The average molecular weight is 288 g/mol. The summed E-state index contributed by atoms with van der Waals surface area (Å²) in [5.41, 5.74) is 6.29. The molecule has 1 aromatic carbocycles. The lowest BCUT2D eigenvalue weighted by atomic mass is 10.0. The molecule has 0 spiro atoms. The fraction of sp³-hybridized carbons (Fsp3) is 0.571. The molecule has 1 saturated heterocycles. The molecular formula is C14H19F3N2O. The van der Waals surface area contributed by atoms with E-state index in [-0.39, 0.29) is 18.3 Å². The van der Waals surface area contributed by atoms with Gasteiger partial charge in [0.1, 0.15) is 5.75 Å². The summed E-state index contributed by atoms with van der Waals surface area (Å²) in [4.78, 5) is 2.13. The lowest BCUT2D eigenvalue weighted by Crippen LogP contribution is -2.32. The highest BCUT2D eigenvalue weighted by molar-refractivity contribution is 5.36. The summed E-state index contributed by atoms with van der Waals surface area (Å²) in [5.74, 6) is 0.384. The van der Waals surface area contributed by atoms with E-state index in [9.17, 15) is 13.2 Å². The van der Waals surface area contributed by atoms with Gasteiger partial charge in [-0.05, 0) is 24.9 Å². The highest BCUT2D eigenvalue weighted by Crippen LogP contribution is 2.34. The Morgan fingerprint density at radius 3 is 2.65 bits per heavy atom. The number of hydrogen-bond acceptors (Lipinski definition) is 3. The lowest BCUT2D eigenvalue weighted by molar-refractivity contribution is -0.275. The van der Waals surface area contributed by atoms with Gasteiger partial charge in [-0.25, -0.2) is 0 Å². The van der Waals surface area contributed by atoms with Crippen LogP contribution in [0.5, 0.6) is 5.75 Å². The number of rotatable bonds is 4. The first kappa shape index (κ1) is 15.1. The Labute approximate surface area is 116 Å². The Balaban J connectivity index is 2.25. The second-order valence-electron chi connectivity index (χ2n) is 5.23. The van der Waals surface area contributed by atoms with Crippen molar-refractivity contribution in [1.29, 1.82) is 0 Å². The standard InChI is InChI=1S/C14H19F3N2O/c1-10-6-7-19(9-10)12(8-18)11-4-2-3-5-13(11)20-14(15,16)17/h2-5,10,12H,6-9,18H2,1H3. The minimum absolute atomic E-state index is 0.157. The van der Waals surface area contributed by atoms with E-state index in [1.165, 1.54) is 12.1 Å². The van der Waals surface area contributed by atoms with Gasteiger partial charge in [-0.2, -0.15) is 0 Å². The number of alkyl halides is 3. The summed E-state index contributed by atoms with van der Waals surface area (Å²) < 4.78 is 41.5. The first-order valence-electron chi connectivity index (χ1n) is 6.69. The quantitative estimate of drug-likeness (QED) is 0.926. The van der Waals surface area contributed by atoms with E-state index >= 15 is 0 Å². The van der Waals surface area contributed by atoms with E-state index in [1.54, 1.807) is 12.1 Å². The number of ether oxygens (including phenoxy) is 1. The molecule has 0 aromatic heterocycles. The van der Waals surface area contributed by atoms with Gasteiger partial charge in [0.15, 0.2) is 0 Å². The molecule has 1 aromatic rings. The summed E-state index contributed by atoms with van der Waals surface area (Å²) in [7, 11) is 0. The number of nitrogens with two attached hydrogens (primary N) is 1. The normalized spacial score (nSPS) is 21.9. The van der Waals surface area contributed by atoms with Gasteiger partial charge in [0.05, 0.1) is 6.04 Å². The molecule has 1 aliphatic rings. The minimum atomic E-state index is -4.69. The molecule has 0 aliphatic carbocycles. The second kappa shape index (κ2) is 6.01. The van der Waals surface area contributed by atoms with Gasteiger partial charge < -0.3 is 10.5 Å². The maximum absolute atomic E-state index is 12.5. The summed E-state index contributed by atoms with van der Waals surface area (Å²) in [6, 6.07) is 6.00. The van der Waals surface area contributed by atoms with Gasteiger partial charge in [-0.3, -0.25) is 4.90 Å². The van der Waals surface area contributed by atoms with Gasteiger partial charge >= 0.3 is 6.36 Å². The van der Waals surface area contributed by atoms with E-state index in [4.69, 9.17) is 5.73 Å². The van der Waals surface area contributed by atoms with Crippen LogP contribution in [-0.4, -0.2) is 30.9 Å². The molecule has 0 amide bonds. The van der Waals surface area contributed by atoms with Gasteiger partial charge in [0.2, 0.25) is 0 Å². The van der Waals surface area contributed by atoms with Crippen LogP contribution in [0, 0.1) is 5.92 Å². The molecule has 1 heterocycles. The summed E-state index contributed by atoms with van der Waals surface area (Å²) in [6.07, 6.45) is -3.65. The van der Waals surface area contributed by atoms with Crippen molar-refractivity contribution in [3.8, 4) is 5.75 Å². The third kappa shape index (κ3) is 3.64. The third-order valence-electron chi connectivity index (χ3n) is 3.62. The molecule has 0 bridgehead atoms. The Bertz CT molecular complexity index is 450. The maximum Gasteiger partial charge on any atom is 0.573 e. The predicted octanol–water partition coefficient (Wildman–Crippen LogP) is 2.93. The molecule has 2 unspecified atom stereocenters. The molecular weight excluding hydrogens is 269 g/mol. The Hall–Kier alpha value is -1.27. The summed E-state index contributed by atoms with van der Waals surface area (Å²) in [5, 5.41) is 0. The number of halogens is 3. The number of benzene rings is 1. The van der Waals surface area contributed by atoms with E-state index in [0.717, 1.165) is 19.5 Å². The first-order chi connectivity index (χ1) is 9.40. The lowest BCUT2D eigenvalue weighted by Gasteiger charge is -2.28. The van der Waals surface area contributed by atoms with E-state index in [1.807, 2.05) is 0 Å². The first-order valence-corrected chi connectivity index (χ1v) is 6.69. The van der Waals surface area contributed by atoms with Crippen molar-refractivity contribution in [3.63, 3.8) is 0 Å². The van der Waals surface area contributed by atoms with Crippen LogP contribution in [0.15, 0.2) is 24.3 Å². The highest BCUT2D eigenvalue weighted by atomic mass is 19.4. The van der Waals surface area contributed by atoms with Crippen molar-refractivity contribution in [2.75, 3.05) is 19.6 Å². The Kier molecular flexibility index (Phi) is 4.55. The van der Waals surface area contributed by atoms with Crippen molar-refractivity contribution in [1.82, 2.24) is 4.90 Å². The van der Waals surface area contributed by atoms with Crippen LogP contribution in [0.3, 0.4) is 0 Å². The fourth-order valence-corrected chi connectivity index (χ4v) is 2.70. The van der Waals surface area contributed by atoms with Gasteiger partial charge in [0.25, 0.3) is 0 Å². The summed E-state index contributed by atoms with van der Waals surface area (Å²) in [6.45, 7) is 4.10. The van der Waals surface area contributed by atoms with Crippen LogP contribution >= 0.6 is 0 Å². The SMILES string of the molecule is CC1CCN(C(CN)c2ccccc2OC(F)(F)F)C1. The fourth-order valence-electron chi connectivity index (χ4n) is 2.70. The summed E-state index contributed by atoms with van der Waals surface area (Å²) >= 11 is 0. The highest BCUT2D eigenvalue weighted by Gasteiger charge is 2.34. The van der Waals surface area contributed by atoms with Crippen LogP contribution in [0.25, 0.3) is 0 Å². The zero-order valence-electron chi connectivity index (χ0n) is 11.4. The van der Waals surface area contributed by atoms with Crippen LogP contribution < -0.4 is 10.5 Å². The Morgan fingerprint density at radius 2 is 2.10 bits per heavy atom. The van der Waals surface area contributed by atoms with Crippen molar-refractivity contribution in [2.45, 2.75) is 25.7 Å². The van der Waals surface area contributed by atoms with Crippen LogP contribution in [0.1, 0.15) is 24.9 Å². The third-order valence-corrected chi connectivity index (χ3v) is 3.62. The number of nitrogens with zero attached hydrogens (tertiary/aromatic N) is 1. The molecule has 20 heavy (non-hydrogen) atoms. The number of para-hydroxylation sites is 1. The molecule has 0 radical (unpaired) electrons. The van der Waals surface area contributed by atoms with Crippen molar-refractivity contribution in [2.24, 2.45) is 11.7 Å². The molecule has 1 fully saturated rings. The molecule has 6 heteroatoms. The van der Waals surface area contributed by atoms with Gasteiger partial charge in [-0.1, -0.05) is 25.1 Å². The van der Waals surface area contributed by atoms with Crippen LogP contribution in [-0.2, 0) is 0 Å². The van der Waals surface area contributed by atoms with Crippen molar-refractivity contribution in [3.05, 3.63) is 29.8 Å². The predicted molar refractivity (Wildman–Crippen MR) is 70.3 cm³/mol. The topological polar surface area (TPSA) is 38.5 Å². The molecule has 1 aliphatic heterocycles. The average Bonchev–Trinajstić information content (AvgIpc) is 2.77. The van der Waals surface area contributed by atoms with Crippen LogP contribution in [0.4, 0.5) is 13.2 Å². The van der Waals surface area contributed by atoms with Crippen molar-refractivity contribution < 1.29 is 17.9 Å². The van der Waals surface area contributed by atoms with Crippen molar-refractivity contribution >= 4 is 0 Å². The molecule has 3 nitrogen and oxygen atoms in total. The zero-order chi connectivity index (χ0) is 14.8. The van der Waals surface area contributed by atoms with Gasteiger partial charge in [-0.15, -0.1) is 13.2 Å². The van der Waals surface area contributed by atoms with E-state index in [2.05, 4.69) is 16.6 Å². The minimum Gasteiger partial charge on any atom is -0.405 e. The molecule has 0 saturated carbocycles. The molecule has 112 valence electrons. The molecule has 2 atom stereocenters. The van der Waals surface area contributed by atoms with E-state index < -0.39 is 6.36 Å². The monoisotopic (exact) mass is 288 g/mol. The molecule has 2 N–H and O–H groups in total. The maximum atomic E-state index is 12.5. The smallest absolute Gasteiger partial charge is 0.405 e. The Morgan fingerprint density at radius 1 is 1.40 bits per heavy atom. The van der Waals surface area contributed by atoms with E-state index in [0.29, 0.717) is 11.5 Å². The zero-order valence-corrected chi connectivity index (χ0v) is 11.4.